The lowest BCUT2D eigenvalue weighted by Gasteiger charge is -2.01. The lowest BCUT2D eigenvalue weighted by Crippen LogP contribution is -2.13. The number of hydrogen-bond donors (Lipinski definition) is 1. The van der Waals surface area contributed by atoms with Crippen LogP contribution in [0.3, 0.4) is 0 Å². The summed E-state index contributed by atoms with van der Waals surface area (Å²) in [6.45, 7) is 3.61. The molecule has 1 amide bonds. The molecule has 48 valence electrons. The fourth-order valence-corrected chi connectivity index (χ4v) is 0.435. The highest BCUT2D eigenvalue weighted by atomic mass is 16.1. The maximum Gasteiger partial charge on any atom is 0.217 e. The van der Waals surface area contributed by atoms with Crippen LogP contribution >= 0.6 is 0 Å². The Labute approximate surface area is 51.5 Å². The van der Waals surface area contributed by atoms with Crippen LogP contribution in [-0.2, 0) is 4.79 Å². The van der Waals surface area contributed by atoms with Crippen LogP contribution in [0.5, 0.6) is 0 Å². The second kappa shape index (κ2) is 3.47. The Kier molecular flexibility index (Phi) is 2.43. The predicted octanol–water partition coefficient (Wildman–Crippen LogP) is 0.908. The summed E-state index contributed by atoms with van der Waals surface area (Å²) in [5.41, 5.74) is 4.91. The molecular formula is C6H13NO. The average molecular weight is 116 g/mol. The van der Waals surface area contributed by atoms with Crippen LogP contribution in [0.25, 0.3) is 0 Å². The van der Waals surface area contributed by atoms with E-state index in [9.17, 15) is 4.79 Å². The van der Waals surface area contributed by atoms with E-state index in [2.05, 4.69) is 0 Å². The first-order chi connectivity index (χ1) is 4.04. The van der Waals surface area contributed by atoms with Crippen LogP contribution in [-0.4, -0.2) is 5.91 Å². The second-order valence-corrected chi connectivity index (χ2v) is 1.98. The van der Waals surface area contributed by atoms with Gasteiger partial charge in [0.25, 0.3) is 0 Å². The van der Waals surface area contributed by atoms with Crippen molar-refractivity contribution in [2.45, 2.75) is 26.7 Å². The van der Waals surface area contributed by atoms with Crippen molar-refractivity contribution in [2.24, 2.45) is 11.7 Å². The summed E-state index contributed by atoms with van der Waals surface area (Å²) in [6.07, 6.45) is 0.127. The SMILES string of the molecule is [2H]C(C)[C@H](C)CC(N)=O. The van der Waals surface area contributed by atoms with Gasteiger partial charge in [0.1, 0.15) is 0 Å². The summed E-state index contributed by atoms with van der Waals surface area (Å²) in [5.74, 6) is -0.232. The number of amides is 1. The molecule has 0 saturated heterocycles. The van der Waals surface area contributed by atoms with Gasteiger partial charge in [-0.15, -0.1) is 0 Å². The normalized spacial score (nSPS) is 19.0. The van der Waals surface area contributed by atoms with E-state index in [0.29, 0.717) is 6.42 Å². The van der Waals surface area contributed by atoms with Crippen molar-refractivity contribution in [1.82, 2.24) is 0 Å². The van der Waals surface area contributed by atoms with Gasteiger partial charge in [-0.2, -0.15) is 0 Å². The number of nitrogens with two attached hydrogens (primary N) is 1. The monoisotopic (exact) mass is 116 g/mol. The number of rotatable bonds is 3. The molecule has 0 aromatic rings. The smallest absolute Gasteiger partial charge is 0.217 e. The molecule has 0 spiro atoms. The van der Waals surface area contributed by atoms with Gasteiger partial charge in [0, 0.05) is 7.79 Å². The Morgan fingerprint density at radius 2 is 2.50 bits per heavy atom. The average Bonchev–Trinajstić information content (AvgIpc) is 1.63. The van der Waals surface area contributed by atoms with Gasteiger partial charge in [-0.3, -0.25) is 4.79 Å². The van der Waals surface area contributed by atoms with Gasteiger partial charge >= 0.3 is 0 Å². The maximum absolute atomic E-state index is 10.3. The summed E-state index contributed by atoms with van der Waals surface area (Å²) in [6, 6.07) is 0. The molecular weight excluding hydrogens is 102 g/mol. The first kappa shape index (κ1) is 5.60. The summed E-state index contributed by atoms with van der Waals surface area (Å²) in [7, 11) is 0. The zero-order valence-electron chi connectivity index (χ0n) is 6.35. The first-order valence-electron chi connectivity index (χ1n) is 3.32. The molecule has 0 radical (unpaired) electrons. The summed E-state index contributed by atoms with van der Waals surface area (Å²) >= 11 is 0. The van der Waals surface area contributed by atoms with Crippen molar-refractivity contribution >= 4 is 5.91 Å². The molecule has 0 aromatic carbocycles. The molecule has 0 aliphatic rings. The van der Waals surface area contributed by atoms with Crippen LogP contribution in [0.15, 0.2) is 0 Å². The van der Waals surface area contributed by atoms with Crippen molar-refractivity contribution in [3.63, 3.8) is 0 Å². The van der Waals surface area contributed by atoms with Gasteiger partial charge in [0.15, 0.2) is 0 Å². The fraction of sp³-hybridized carbons (Fsp3) is 0.833. The van der Waals surface area contributed by atoms with Gasteiger partial charge in [-0.1, -0.05) is 20.2 Å². The van der Waals surface area contributed by atoms with Crippen molar-refractivity contribution in [3.05, 3.63) is 0 Å². The number of carbonyl (C=O) groups excluding carboxylic acids is 1. The Morgan fingerprint density at radius 3 is 2.62 bits per heavy atom. The van der Waals surface area contributed by atoms with Crippen molar-refractivity contribution in [2.75, 3.05) is 0 Å². The van der Waals surface area contributed by atoms with E-state index in [4.69, 9.17) is 7.10 Å². The third-order valence-electron chi connectivity index (χ3n) is 1.09. The highest BCUT2D eigenvalue weighted by molar-refractivity contribution is 5.73. The molecule has 0 saturated carbocycles. The molecule has 2 nitrogen and oxygen atoms in total. The minimum atomic E-state index is -0.318. The van der Waals surface area contributed by atoms with Crippen LogP contribution in [0, 0.1) is 5.92 Å². The standard InChI is InChI=1S/C6H13NO/c1-3-5(2)4-6(7)8/h5H,3-4H2,1-2H3,(H2,7,8)/t5-/m0/s1/i3D/t3?,5-. The van der Waals surface area contributed by atoms with Crippen molar-refractivity contribution < 1.29 is 6.17 Å². The van der Waals surface area contributed by atoms with E-state index in [0.717, 1.165) is 0 Å². The quantitative estimate of drug-likeness (QED) is 0.585. The summed E-state index contributed by atoms with van der Waals surface area (Å²) in [5, 5.41) is 0. The third-order valence-corrected chi connectivity index (χ3v) is 1.09. The lowest BCUT2D eigenvalue weighted by atomic mass is 10.1. The second-order valence-electron chi connectivity index (χ2n) is 1.98. The van der Waals surface area contributed by atoms with E-state index < -0.39 is 0 Å². The molecule has 2 heteroatoms. The lowest BCUT2D eigenvalue weighted by molar-refractivity contribution is -0.118. The van der Waals surface area contributed by atoms with Gasteiger partial charge in [0.2, 0.25) is 5.91 Å². The van der Waals surface area contributed by atoms with E-state index in [1.165, 1.54) is 0 Å². The molecule has 0 rings (SSSR count). The Bertz CT molecular complexity index is 103. The Hall–Kier alpha value is -0.530. The van der Waals surface area contributed by atoms with Crippen LogP contribution in [0.2, 0.25) is 0 Å². The van der Waals surface area contributed by atoms with Gasteiger partial charge < -0.3 is 5.73 Å². The highest BCUT2D eigenvalue weighted by Crippen LogP contribution is 2.03. The molecule has 0 bridgehead atoms. The van der Waals surface area contributed by atoms with Crippen LogP contribution in [0.4, 0.5) is 0 Å². The van der Waals surface area contributed by atoms with E-state index in [-0.39, 0.29) is 18.2 Å². The van der Waals surface area contributed by atoms with E-state index in [1.807, 2.05) is 6.92 Å². The molecule has 8 heavy (non-hydrogen) atoms. The zero-order chi connectivity index (χ0) is 7.44. The van der Waals surface area contributed by atoms with Gasteiger partial charge in [0.05, 0.1) is 0 Å². The van der Waals surface area contributed by atoms with Gasteiger partial charge in [-0.25, -0.2) is 0 Å². The maximum atomic E-state index is 10.3. The molecule has 2 N–H and O–H groups in total. The number of primary amides is 1. The van der Waals surface area contributed by atoms with E-state index in [1.54, 1.807) is 6.92 Å². The Balaban J connectivity index is 3.50. The largest absolute Gasteiger partial charge is 0.370 e. The molecule has 0 aromatic heterocycles. The minimum Gasteiger partial charge on any atom is -0.370 e. The number of carbonyl (C=O) groups is 1. The summed E-state index contributed by atoms with van der Waals surface area (Å²) in [4.78, 5) is 10.3. The highest BCUT2D eigenvalue weighted by Gasteiger charge is 2.00. The molecule has 1 unspecified atom stereocenters. The fourth-order valence-electron chi connectivity index (χ4n) is 0.435. The molecule has 2 atom stereocenters. The molecule has 0 aliphatic heterocycles. The zero-order valence-corrected chi connectivity index (χ0v) is 5.35. The predicted molar refractivity (Wildman–Crippen MR) is 33.3 cm³/mol. The summed E-state index contributed by atoms with van der Waals surface area (Å²) < 4.78 is 7.17. The first-order valence-corrected chi connectivity index (χ1v) is 2.74. The van der Waals surface area contributed by atoms with Crippen LogP contribution < -0.4 is 5.73 Å². The minimum absolute atomic E-state index is 0.0856. The van der Waals surface area contributed by atoms with Crippen LogP contribution in [0.1, 0.15) is 28.0 Å². The van der Waals surface area contributed by atoms with E-state index >= 15 is 0 Å². The molecule has 0 fully saturated rings. The van der Waals surface area contributed by atoms with Crippen molar-refractivity contribution in [1.29, 1.82) is 0 Å². The topological polar surface area (TPSA) is 43.1 Å². The molecule has 0 heterocycles. The van der Waals surface area contributed by atoms with Gasteiger partial charge in [-0.05, 0) is 5.92 Å². The van der Waals surface area contributed by atoms with Crippen molar-refractivity contribution in [3.8, 4) is 0 Å². The molecule has 0 aliphatic carbocycles. The Morgan fingerprint density at radius 1 is 2.00 bits per heavy atom. The third kappa shape index (κ3) is 3.65. The number of hydrogen-bond acceptors (Lipinski definition) is 1.